The Morgan fingerprint density at radius 3 is 2.62 bits per heavy atom. The SMILES string of the molecule is COC1(c2ncc(C(C)C)s2)CCOCC1. The maximum absolute atomic E-state index is 5.73. The molecule has 1 aromatic heterocycles. The first-order valence-corrected chi connectivity index (χ1v) is 6.59. The Labute approximate surface area is 101 Å². The van der Waals surface area contributed by atoms with E-state index in [0.29, 0.717) is 5.92 Å². The van der Waals surface area contributed by atoms with Crippen LogP contribution in [-0.2, 0) is 15.1 Å². The molecule has 0 saturated carbocycles. The van der Waals surface area contributed by atoms with Gasteiger partial charge in [0, 0.05) is 44.2 Å². The number of thiazole rings is 1. The van der Waals surface area contributed by atoms with E-state index < -0.39 is 0 Å². The molecule has 0 atom stereocenters. The van der Waals surface area contributed by atoms with Gasteiger partial charge in [-0.15, -0.1) is 11.3 Å². The standard InChI is InChI=1S/C12H19NO2S/c1-9(2)10-8-13-11(16-10)12(14-3)4-6-15-7-5-12/h8-9H,4-7H2,1-3H3. The van der Waals surface area contributed by atoms with Gasteiger partial charge in [-0.05, 0) is 5.92 Å². The first-order chi connectivity index (χ1) is 7.68. The minimum Gasteiger partial charge on any atom is -0.381 e. The van der Waals surface area contributed by atoms with Crippen LogP contribution in [0, 0.1) is 0 Å². The molecule has 0 bridgehead atoms. The highest BCUT2D eigenvalue weighted by Gasteiger charge is 2.37. The minimum atomic E-state index is -0.198. The van der Waals surface area contributed by atoms with Crippen LogP contribution in [0.3, 0.4) is 0 Å². The van der Waals surface area contributed by atoms with Gasteiger partial charge in [0.1, 0.15) is 10.6 Å². The number of rotatable bonds is 3. The fraction of sp³-hybridized carbons (Fsp3) is 0.750. The molecule has 0 N–H and O–H groups in total. The lowest BCUT2D eigenvalue weighted by Gasteiger charge is -2.33. The zero-order valence-electron chi connectivity index (χ0n) is 10.2. The molecule has 90 valence electrons. The summed E-state index contributed by atoms with van der Waals surface area (Å²) in [6.45, 7) is 5.93. The molecule has 4 heteroatoms. The van der Waals surface area contributed by atoms with Crippen molar-refractivity contribution >= 4 is 11.3 Å². The molecule has 0 spiro atoms. The third-order valence-corrected chi connectivity index (χ3v) is 4.66. The summed E-state index contributed by atoms with van der Waals surface area (Å²) in [5, 5.41) is 1.11. The molecule has 16 heavy (non-hydrogen) atoms. The van der Waals surface area contributed by atoms with E-state index in [2.05, 4.69) is 18.8 Å². The zero-order chi connectivity index (χ0) is 11.6. The van der Waals surface area contributed by atoms with Crippen LogP contribution in [0.5, 0.6) is 0 Å². The van der Waals surface area contributed by atoms with E-state index in [0.717, 1.165) is 31.1 Å². The van der Waals surface area contributed by atoms with Gasteiger partial charge in [-0.1, -0.05) is 13.8 Å². The van der Waals surface area contributed by atoms with Gasteiger partial charge in [0.15, 0.2) is 0 Å². The van der Waals surface area contributed by atoms with Crippen molar-refractivity contribution in [2.24, 2.45) is 0 Å². The second-order valence-electron chi connectivity index (χ2n) is 4.53. The summed E-state index contributed by atoms with van der Waals surface area (Å²) >= 11 is 1.78. The van der Waals surface area contributed by atoms with Gasteiger partial charge in [-0.2, -0.15) is 0 Å². The molecule has 1 aliphatic rings. The van der Waals surface area contributed by atoms with Crippen molar-refractivity contribution in [2.75, 3.05) is 20.3 Å². The van der Waals surface area contributed by atoms with Crippen LogP contribution in [0.25, 0.3) is 0 Å². The Morgan fingerprint density at radius 2 is 2.12 bits per heavy atom. The number of aromatic nitrogens is 1. The van der Waals surface area contributed by atoms with Crippen molar-refractivity contribution in [3.05, 3.63) is 16.1 Å². The maximum atomic E-state index is 5.73. The second kappa shape index (κ2) is 4.82. The first-order valence-electron chi connectivity index (χ1n) is 5.77. The number of hydrogen-bond donors (Lipinski definition) is 0. The summed E-state index contributed by atoms with van der Waals surface area (Å²) in [6, 6.07) is 0. The Morgan fingerprint density at radius 1 is 1.44 bits per heavy atom. The molecule has 1 aliphatic heterocycles. The number of methoxy groups -OCH3 is 1. The highest BCUT2D eigenvalue weighted by molar-refractivity contribution is 7.11. The summed E-state index contributed by atoms with van der Waals surface area (Å²) in [5.74, 6) is 0.542. The van der Waals surface area contributed by atoms with Crippen LogP contribution in [0.15, 0.2) is 6.20 Å². The molecule has 0 radical (unpaired) electrons. The van der Waals surface area contributed by atoms with Crippen LogP contribution in [0.2, 0.25) is 0 Å². The van der Waals surface area contributed by atoms with Gasteiger partial charge in [0.25, 0.3) is 0 Å². The van der Waals surface area contributed by atoms with Gasteiger partial charge < -0.3 is 9.47 Å². The Kier molecular flexibility index (Phi) is 3.62. The maximum Gasteiger partial charge on any atom is 0.125 e. The lowest BCUT2D eigenvalue weighted by molar-refractivity contribution is -0.0948. The van der Waals surface area contributed by atoms with Crippen LogP contribution in [0.1, 0.15) is 42.5 Å². The summed E-state index contributed by atoms with van der Waals surface area (Å²) < 4.78 is 11.1. The van der Waals surface area contributed by atoms with Gasteiger partial charge in [0.05, 0.1) is 0 Å². The molecule has 2 rings (SSSR count). The molecule has 0 aliphatic carbocycles. The quantitative estimate of drug-likeness (QED) is 0.815. The molecule has 1 fully saturated rings. The van der Waals surface area contributed by atoms with Crippen molar-refractivity contribution in [2.45, 2.75) is 38.2 Å². The Bertz CT molecular complexity index is 343. The van der Waals surface area contributed by atoms with Gasteiger partial charge in [0.2, 0.25) is 0 Å². The van der Waals surface area contributed by atoms with E-state index >= 15 is 0 Å². The third-order valence-electron chi connectivity index (χ3n) is 3.17. The summed E-state index contributed by atoms with van der Waals surface area (Å²) in [4.78, 5) is 5.87. The lowest BCUT2D eigenvalue weighted by Crippen LogP contribution is -2.35. The van der Waals surface area contributed by atoms with E-state index in [1.54, 1.807) is 18.4 Å². The Hall–Kier alpha value is -0.450. The second-order valence-corrected chi connectivity index (χ2v) is 5.60. The van der Waals surface area contributed by atoms with Crippen molar-refractivity contribution in [3.8, 4) is 0 Å². The number of hydrogen-bond acceptors (Lipinski definition) is 4. The first kappa shape index (κ1) is 12.0. The predicted octanol–water partition coefficient (Wildman–Crippen LogP) is 2.92. The average molecular weight is 241 g/mol. The zero-order valence-corrected chi connectivity index (χ0v) is 11.0. The molecule has 0 aromatic carbocycles. The molecule has 1 saturated heterocycles. The van der Waals surface area contributed by atoms with Crippen molar-refractivity contribution in [3.63, 3.8) is 0 Å². The van der Waals surface area contributed by atoms with Crippen molar-refractivity contribution in [1.82, 2.24) is 4.98 Å². The summed E-state index contributed by atoms with van der Waals surface area (Å²) in [6.07, 6.45) is 3.81. The molecular weight excluding hydrogens is 222 g/mol. The molecule has 0 unspecified atom stereocenters. The highest BCUT2D eigenvalue weighted by Crippen LogP contribution is 2.38. The molecule has 0 amide bonds. The number of nitrogens with zero attached hydrogens (tertiary/aromatic N) is 1. The van der Waals surface area contributed by atoms with E-state index in [1.807, 2.05) is 6.20 Å². The number of ether oxygens (including phenoxy) is 2. The normalized spacial score (nSPS) is 20.2. The van der Waals surface area contributed by atoms with E-state index in [1.165, 1.54) is 4.88 Å². The smallest absolute Gasteiger partial charge is 0.125 e. The van der Waals surface area contributed by atoms with Crippen LogP contribution in [-0.4, -0.2) is 25.3 Å². The lowest BCUT2D eigenvalue weighted by atomic mass is 9.95. The third kappa shape index (κ3) is 2.14. The van der Waals surface area contributed by atoms with Crippen molar-refractivity contribution in [1.29, 1.82) is 0 Å². The fourth-order valence-corrected chi connectivity index (χ4v) is 3.11. The highest BCUT2D eigenvalue weighted by atomic mass is 32.1. The van der Waals surface area contributed by atoms with E-state index in [9.17, 15) is 0 Å². The summed E-state index contributed by atoms with van der Waals surface area (Å²) in [7, 11) is 1.78. The summed E-state index contributed by atoms with van der Waals surface area (Å²) in [5.41, 5.74) is -0.198. The van der Waals surface area contributed by atoms with Crippen molar-refractivity contribution < 1.29 is 9.47 Å². The van der Waals surface area contributed by atoms with Gasteiger partial charge >= 0.3 is 0 Å². The van der Waals surface area contributed by atoms with Crippen LogP contribution in [0.4, 0.5) is 0 Å². The van der Waals surface area contributed by atoms with Gasteiger partial charge in [-0.3, -0.25) is 0 Å². The van der Waals surface area contributed by atoms with Crippen LogP contribution < -0.4 is 0 Å². The average Bonchev–Trinajstić information content (AvgIpc) is 2.80. The molecule has 1 aromatic rings. The Balaban J connectivity index is 2.25. The predicted molar refractivity (Wildman–Crippen MR) is 64.9 cm³/mol. The topological polar surface area (TPSA) is 31.4 Å². The minimum absolute atomic E-state index is 0.198. The van der Waals surface area contributed by atoms with E-state index in [4.69, 9.17) is 9.47 Å². The monoisotopic (exact) mass is 241 g/mol. The molecular formula is C12H19NO2S. The fourth-order valence-electron chi connectivity index (χ4n) is 1.97. The van der Waals surface area contributed by atoms with E-state index in [-0.39, 0.29) is 5.60 Å². The molecule has 2 heterocycles. The largest absolute Gasteiger partial charge is 0.381 e. The van der Waals surface area contributed by atoms with Crippen LogP contribution >= 0.6 is 11.3 Å². The van der Waals surface area contributed by atoms with Gasteiger partial charge in [-0.25, -0.2) is 4.98 Å². The molecule has 3 nitrogen and oxygen atoms in total.